The average Bonchev–Trinajstić information content (AvgIpc) is 2.08. The maximum Gasteiger partial charge on any atom is 0.0334 e. The molecule has 0 radical (unpaired) electrons. The Balaban J connectivity index is 2.58. The van der Waals surface area contributed by atoms with E-state index < -0.39 is 0 Å². The lowest BCUT2D eigenvalue weighted by atomic mass is 10.2. The van der Waals surface area contributed by atoms with Crippen LogP contribution in [-0.2, 0) is 0 Å². The summed E-state index contributed by atoms with van der Waals surface area (Å²) in [5.41, 5.74) is 0. The zero-order chi connectivity index (χ0) is 11.5. The Hall–Kier alpha value is 0.620. The van der Waals surface area contributed by atoms with Crippen LogP contribution < -0.4 is 5.32 Å². The zero-order valence-electron chi connectivity index (χ0n) is 10.6. The molecule has 1 rings (SSSR count). The third-order valence-electron chi connectivity index (χ3n) is 2.36. The third-order valence-corrected chi connectivity index (χ3v) is 6.58. The standard InChI is InChI=1S/C11H24N2S2/c1-10(2)8-12-6-7-13(5)9-11(3,4)15-14-10/h12H,6-9H2,1-5H3. The fourth-order valence-corrected chi connectivity index (χ4v) is 4.24. The molecule has 0 aliphatic carbocycles. The highest BCUT2D eigenvalue weighted by atomic mass is 33.1. The van der Waals surface area contributed by atoms with E-state index in [9.17, 15) is 0 Å². The van der Waals surface area contributed by atoms with Gasteiger partial charge in [-0.05, 0) is 34.7 Å². The van der Waals surface area contributed by atoms with Crippen molar-refractivity contribution in [2.75, 3.05) is 33.2 Å². The molecule has 0 bridgehead atoms. The van der Waals surface area contributed by atoms with Crippen LogP contribution in [0.3, 0.4) is 0 Å². The molecule has 15 heavy (non-hydrogen) atoms. The van der Waals surface area contributed by atoms with E-state index in [1.807, 2.05) is 21.6 Å². The summed E-state index contributed by atoms with van der Waals surface area (Å²) in [5.74, 6) is 0. The molecule has 0 aromatic rings. The molecule has 0 atom stereocenters. The fraction of sp³-hybridized carbons (Fsp3) is 1.00. The lowest BCUT2D eigenvalue weighted by Gasteiger charge is -2.35. The molecule has 1 aliphatic rings. The van der Waals surface area contributed by atoms with Gasteiger partial charge in [0, 0.05) is 35.7 Å². The van der Waals surface area contributed by atoms with E-state index in [2.05, 4.69) is 45.0 Å². The molecule has 0 aromatic carbocycles. The van der Waals surface area contributed by atoms with Crippen molar-refractivity contribution in [2.45, 2.75) is 37.2 Å². The molecule has 1 fully saturated rings. The fourth-order valence-electron chi connectivity index (χ4n) is 1.67. The monoisotopic (exact) mass is 248 g/mol. The largest absolute Gasteiger partial charge is 0.314 e. The van der Waals surface area contributed by atoms with E-state index in [4.69, 9.17) is 0 Å². The van der Waals surface area contributed by atoms with Gasteiger partial charge in [-0.2, -0.15) is 0 Å². The van der Waals surface area contributed by atoms with Gasteiger partial charge in [-0.3, -0.25) is 0 Å². The number of hydrogen-bond acceptors (Lipinski definition) is 4. The first-order valence-corrected chi connectivity index (χ1v) is 7.72. The van der Waals surface area contributed by atoms with E-state index in [1.165, 1.54) is 0 Å². The van der Waals surface area contributed by atoms with Gasteiger partial charge in [-0.25, -0.2) is 0 Å². The van der Waals surface area contributed by atoms with Gasteiger partial charge in [0.2, 0.25) is 0 Å². The second kappa shape index (κ2) is 5.30. The van der Waals surface area contributed by atoms with Crippen LogP contribution >= 0.6 is 21.6 Å². The van der Waals surface area contributed by atoms with Crippen molar-refractivity contribution in [3.05, 3.63) is 0 Å². The lowest BCUT2D eigenvalue weighted by Crippen LogP contribution is -2.42. The second-order valence-corrected chi connectivity index (χ2v) is 9.14. The summed E-state index contributed by atoms with van der Waals surface area (Å²) < 4.78 is 0.672. The highest BCUT2D eigenvalue weighted by Crippen LogP contribution is 2.43. The van der Waals surface area contributed by atoms with E-state index in [0.717, 1.165) is 26.2 Å². The van der Waals surface area contributed by atoms with Gasteiger partial charge in [0.15, 0.2) is 0 Å². The van der Waals surface area contributed by atoms with Crippen molar-refractivity contribution in [1.82, 2.24) is 10.2 Å². The van der Waals surface area contributed by atoms with Crippen molar-refractivity contribution in [3.63, 3.8) is 0 Å². The van der Waals surface area contributed by atoms with Crippen molar-refractivity contribution < 1.29 is 0 Å². The predicted molar refractivity (Wildman–Crippen MR) is 73.7 cm³/mol. The highest BCUT2D eigenvalue weighted by molar-refractivity contribution is 8.77. The summed E-state index contributed by atoms with van der Waals surface area (Å²) in [5, 5.41) is 3.53. The quantitative estimate of drug-likeness (QED) is 0.662. The molecule has 0 aromatic heterocycles. The SMILES string of the molecule is CN1CCNCC(C)(C)SSC(C)(C)C1. The minimum absolute atomic E-state index is 0.331. The van der Waals surface area contributed by atoms with Crippen LogP contribution in [0.1, 0.15) is 27.7 Å². The first-order chi connectivity index (χ1) is 6.81. The minimum atomic E-state index is 0.331. The zero-order valence-corrected chi connectivity index (χ0v) is 12.2. The first kappa shape index (κ1) is 13.7. The predicted octanol–water partition coefficient (Wildman–Crippen LogP) is 2.46. The van der Waals surface area contributed by atoms with Crippen LogP contribution in [0.4, 0.5) is 0 Å². The summed E-state index contributed by atoms with van der Waals surface area (Å²) in [6, 6.07) is 0. The van der Waals surface area contributed by atoms with Crippen LogP contribution in [0.15, 0.2) is 0 Å². The average molecular weight is 248 g/mol. The summed E-state index contributed by atoms with van der Waals surface area (Å²) >= 11 is 0. The van der Waals surface area contributed by atoms with Crippen LogP contribution in [0.5, 0.6) is 0 Å². The topological polar surface area (TPSA) is 15.3 Å². The highest BCUT2D eigenvalue weighted by Gasteiger charge is 2.27. The van der Waals surface area contributed by atoms with Crippen molar-refractivity contribution >= 4 is 21.6 Å². The summed E-state index contributed by atoms with van der Waals surface area (Å²) in [7, 11) is 6.25. The van der Waals surface area contributed by atoms with Gasteiger partial charge < -0.3 is 10.2 Å². The van der Waals surface area contributed by atoms with E-state index in [0.29, 0.717) is 9.49 Å². The molecule has 4 heteroatoms. The van der Waals surface area contributed by atoms with Gasteiger partial charge in [-0.1, -0.05) is 21.6 Å². The first-order valence-electron chi connectivity index (χ1n) is 5.57. The van der Waals surface area contributed by atoms with Gasteiger partial charge in [0.25, 0.3) is 0 Å². The number of nitrogens with zero attached hydrogens (tertiary/aromatic N) is 1. The molecular weight excluding hydrogens is 224 g/mol. The van der Waals surface area contributed by atoms with Crippen LogP contribution in [0.2, 0.25) is 0 Å². The van der Waals surface area contributed by atoms with Gasteiger partial charge in [-0.15, -0.1) is 0 Å². The van der Waals surface area contributed by atoms with Crippen LogP contribution in [0, 0.1) is 0 Å². The van der Waals surface area contributed by atoms with Crippen LogP contribution in [-0.4, -0.2) is 47.6 Å². The lowest BCUT2D eigenvalue weighted by molar-refractivity contribution is 0.307. The molecule has 0 saturated carbocycles. The van der Waals surface area contributed by atoms with Gasteiger partial charge in [0.05, 0.1) is 0 Å². The summed E-state index contributed by atoms with van der Waals surface area (Å²) in [6.45, 7) is 13.8. The third kappa shape index (κ3) is 5.48. The Kier molecular flexibility index (Phi) is 4.84. The Morgan fingerprint density at radius 3 is 2.33 bits per heavy atom. The maximum atomic E-state index is 3.53. The second-order valence-electron chi connectivity index (χ2n) is 5.60. The molecule has 0 unspecified atom stereocenters. The Morgan fingerprint density at radius 1 is 1.07 bits per heavy atom. The number of rotatable bonds is 0. The normalized spacial score (nSPS) is 28.6. The van der Waals surface area contributed by atoms with Gasteiger partial charge in [0.1, 0.15) is 0 Å². The van der Waals surface area contributed by atoms with E-state index >= 15 is 0 Å². The Bertz CT molecular complexity index is 205. The number of likely N-dealkylation sites (N-methyl/N-ethyl adjacent to an activating group) is 1. The molecule has 1 N–H and O–H groups in total. The smallest absolute Gasteiger partial charge is 0.0334 e. The number of hydrogen-bond donors (Lipinski definition) is 1. The number of nitrogens with one attached hydrogen (secondary N) is 1. The minimum Gasteiger partial charge on any atom is -0.314 e. The van der Waals surface area contributed by atoms with E-state index in [-0.39, 0.29) is 0 Å². The maximum absolute atomic E-state index is 3.53. The molecule has 90 valence electrons. The molecule has 1 heterocycles. The van der Waals surface area contributed by atoms with Crippen molar-refractivity contribution in [1.29, 1.82) is 0 Å². The van der Waals surface area contributed by atoms with E-state index in [1.54, 1.807) is 0 Å². The van der Waals surface area contributed by atoms with Gasteiger partial charge >= 0.3 is 0 Å². The Labute approximate surface area is 102 Å². The molecule has 0 spiro atoms. The molecule has 0 amide bonds. The van der Waals surface area contributed by atoms with Crippen LogP contribution in [0.25, 0.3) is 0 Å². The molecule has 1 saturated heterocycles. The Morgan fingerprint density at radius 2 is 1.67 bits per heavy atom. The summed E-state index contributed by atoms with van der Waals surface area (Å²) in [6.07, 6.45) is 0. The molecule has 1 aliphatic heterocycles. The van der Waals surface area contributed by atoms with Crippen molar-refractivity contribution in [3.8, 4) is 0 Å². The summed E-state index contributed by atoms with van der Waals surface area (Å²) in [4.78, 5) is 2.42. The molecule has 2 nitrogen and oxygen atoms in total. The van der Waals surface area contributed by atoms with Crippen molar-refractivity contribution in [2.24, 2.45) is 0 Å². The molecular formula is C11H24N2S2.